The van der Waals surface area contributed by atoms with E-state index in [1.165, 1.54) is 44.4 Å². The lowest BCUT2D eigenvalue weighted by Crippen LogP contribution is -2.14. The normalized spacial score (nSPS) is 10.3. The number of rotatable bonds is 7. The summed E-state index contributed by atoms with van der Waals surface area (Å²) in [6, 6.07) is 13.6. The van der Waals surface area contributed by atoms with E-state index in [1.807, 2.05) is 0 Å². The van der Waals surface area contributed by atoms with E-state index in [-0.39, 0.29) is 24.1 Å². The van der Waals surface area contributed by atoms with Crippen LogP contribution in [0.15, 0.2) is 59.0 Å². The van der Waals surface area contributed by atoms with E-state index in [2.05, 4.69) is 10.6 Å². The third kappa shape index (κ3) is 5.35. The molecule has 0 saturated heterocycles. The zero-order chi connectivity index (χ0) is 20.8. The van der Waals surface area contributed by atoms with Crippen LogP contribution in [0.4, 0.5) is 15.8 Å². The molecule has 0 saturated carbocycles. The summed E-state index contributed by atoms with van der Waals surface area (Å²) in [6.07, 6.45) is 0. The molecule has 1 heterocycles. The average molecular weight is 398 g/mol. The average Bonchev–Trinajstić information content (AvgIpc) is 3.18. The molecule has 2 amide bonds. The molecule has 2 N–H and O–H groups in total. The van der Waals surface area contributed by atoms with E-state index in [0.29, 0.717) is 28.6 Å². The molecular weight excluding hydrogens is 379 g/mol. The number of ether oxygens (including phenoxy) is 2. The first-order valence-electron chi connectivity index (χ1n) is 8.68. The number of hydrogen-bond donors (Lipinski definition) is 2. The monoisotopic (exact) mass is 398 g/mol. The van der Waals surface area contributed by atoms with Gasteiger partial charge in [0.25, 0.3) is 5.91 Å². The predicted molar refractivity (Wildman–Crippen MR) is 105 cm³/mol. The number of amides is 2. The number of carbonyl (C=O) groups excluding carboxylic acids is 2. The molecule has 3 rings (SSSR count). The van der Waals surface area contributed by atoms with Crippen LogP contribution in [0, 0.1) is 5.82 Å². The van der Waals surface area contributed by atoms with Gasteiger partial charge in [-0.2, -0.15) is 0 Å². The van der Waals surface area contributed by atoms with Crippen LogP contribution in [0.2, 0.25) is 0 Å². The predicted octanol–water partition coefficient (Wildman–Crippen LogP) is 4.22. The highest BCUT2D eigenvalue weighted by Gasteiger charge is 2.15. The van der Waals surface area contributed by atoms with Crippen LogP contribution < -0.4 is 20.1 Å². The maximum Gasteiger partial charge on any atom is 0.291 e. The maximum absolute atomic E-state index is 12.9. The van der Waals surface area contributed by atoms with E-state index in [9.17, 15) is 14.0 Å². The minimum atomic E-state index is -0.502. The molecule has 0 atom stereocenters. The molecular formula is C21H19FN2O5. The number of benzene rings is 2. The molecule has 0 bridgehead atoms. The maximum atomic E-state index is 12.9. The zero-order valence-corrected chi connectivity index (χ0v) is 15.8. The molecule has 7 nitrogen and oxygen atoms in total. The fraction of sp³-hybridized carbons (Fsp3) is 0.143. The third-order valence-corrected chi connectivity index (χ3v) is 3.87. The van der Waals surface area contributed by atoms with Crippen LogP contribution in [0.25, 0.3) is 0 Å². The number of methoxy groups -OCH3 is 1. The van der Waals surface area contributed by atoms with Gasteiger partial charge in [-0.25, -0.2) is 4.39 Å². The SMILES string of the molecule is COc1ccc(NC(C)=O)c(NC(=O)c2ccc(COc3ccc(F)cc3)o2)c1. The van der Waals surface area contributed by atoms with Crippen LogP contribution in [0.3, 0.4) is 0 Å². The topological polar surface area (TPSA) is 89.8 Å². The van der Waals surface area contributed by atoms with Crippen LogP contribution in [-0.4, -0.2) is 18.9 Å². The Morgan fingerprint density at radius 1 is 0.966 bits per heavy atom. The molecule has 8 heteroatoms. The minimum absolute atomic E-state index is 0.0688. The van der Waals surface area contributed by atoms with Crippen LogP contribution in [-0.2, 0) is 11.4 Å². The second-order valence-corrected chi connectivity index (χ2v) is 6.06. The van der Waals surface area contributed by atoms with Crippen molar-refractivity contribution in [1.82, 2.24) is 0 Å². The van der Waals surface area contributed by atoms with Crippen molar-refractivity contribution < 1.29 is 27.9 Å². The molecule has 3 aromatic rings. The number of carbonyl (C=O) groups is 2. The number of furan rings is 1. The summed E-state index contributed by atoms with van der Waals surface area (Å²) >= 11 is 0. The van der Waals surface area contributed by atoms with Gasteiger partial charge in [-0.3, -0.25) is 9.59 Å². The Labute approximate surface area is 166 Å². The second kappa shape index (κ2) is 8.92. The van der Waals surface area contributed by atoms with Crippen molar-refractivity contribution in [1.29, 1.82) is 0 Å². The van der Waals surface area contributed by atoms with Gasteiger partial charge in [0.15, 0.2) is 5.76 Å². The fourth-order valence-corrected chi connectivity index (χ4v) is 2.50. The van der Waals surface area contributed by atoms with Gasteiger partial charge in [-0.1, -0.05) is 0 Å². The first-order chi connectivity index (χ1) is 13.9. The summed E-state index contributed by atoms with van der Waals surface area (Å²) in [5.74, 6) is 0.353. The molecule has 0 aliphatic heterocycles. The molecule has 1 aromatic heterocycles. The molecule has 29 heavy (non-hydrogen) atoms. The number of nitrogens with one attached hydrogen (secondary N) is 2. The lowest BCUT2D eigenvalue weighted by Gasteiger charge is -2.12. The standard InChI is InChI=1S/C21H19FN2O5/c1-13(25)23-18-9-7-16(27-2)11-19(18)24-21(26)20-10-8-17(29-20)12-28-15-5-3-14(22)4-6-15/h3-11H,12H2,1-2H3,(H,23,25)(H,24,26). The molecule has 0 spiro atoms. The first-order valence-corrected chi connectivity index (χ1v) is 8.68. The van der Waals surface area contributed by atoms with Crippen LogP contribution in [0.1, 0.15) is 23.2 Å². The van der Waals surface area contributed by atoms with Crippen molar-refractivity contribution in [2.75, 3.05) is 17.7 Å². The molecule has 0 radical (unpaired) electrons. The first kappa shape index (κ1) is 19.9. The van der Waals surface area contributed by atoms with E-state index < -0.39 is 5.91 Å². The number of halogens is 1. The fourth-order valence-electron chi connectivity index (χ4n) is 2.50. The Morgan fingerprint density at radius 2 is 1.69 bits per heavy atom. The van der Waals surface area contributed by atoms with E-state index in [1.54, 1.807) is 24.3 Å². The van der Waals surface area contributed by atoms with Gasteiger partial charge in [-0.15, -0.1) is 0 Å². The Balaban J connectivity index is 1.68. The Hall–Kier alpha value is -3.81. The Bertz CT molecular complexity index is 1010. The van der Waals surface area contributed by atoms with Crippen LogP contribution >= 0.6 is 0 Å². The molecule has 0 aliphatic rings. The van der Waals surface area contributed by atoms with Gasteiger partial charge < -0.3 is 24.5 Å². The van der Waals surface area contributed by atoms with Gasteiger partial charge in [0.2, 0.25) is 5.91 Å². The van der Waals surface area contributed by atoms with Crippen LogP contribution in [0.5, 0.6) is 11.5 Å². The number of hydrogen-bond acceptors (Lipinski definition) is 5. The van der Waals surface area contributed by atoms with Crippen molar-refractivity contribution in [2.24, 2.45) is 0 Å². The summed E-state index contributed by atoms with van der Waals surface area (Å²) in [5, 5.41) is 5.33. The summed E-state index contributed by atoms with van der Waals surface area (Å²) in [4.78, 5) is 23.9. The molecule has 2 aromatic carbocycles. The highest BCUT2D eigenvalue weighted by atomic mass is 19.1. The quantitative estimate of drug-likeness (QED) is 0.622. The van der Waals surface area contributed by atoms with Gasteiger partial charge >= 0.3 is 0 Å². The van der Waals surface area contributed by atoms with Gasteiger partial charge in [-0.05, 0) is 48.5 Å². The summed E-state index contributed by atoms with van der Waals surface area (Å²) in [5.41, 5.74) is 0.795. The van der Waals surface area contributed by atoms with E-state index >= 15 is 0 Å². The highest BCUT2D eigenvalue weighted by molar-refractivity contribution is 6.05. The van der Waals surface area contributed by atoms with E-state index in [4.69, 9.17) is 13.9 Å². The minimum Gasteiger partial charge on any atom is -0.497 e. The van der Waals surface area contributed by atoms with E-state index in [0.717, 1.165) is 0 Å². The summed E-state index contributed by atoms with van der Waals surface area (Å²) < 4.78 is 29.1. The summed E-state index contributed by atoms with van der Waals surface area (Å²) in [6.45, 7) is 1.45. The molecule has 150 valence electrons. The Kier molecular flexibility index (Phi) is 6.13. The van der Waals surface area contributed by atoms with Crippen molar-refractivity contribution in [2.45, 2.75) is 13.5 Å². The van der Waals surface area contributed by atoms with Crippen molar-refractivity contribution in [3.05, 3.63) is 71.9 Å². The highest BCUT2D eigenvalue weighted by Crippen LogP contribution is 2.28. The van der Waals surface area contributed by atoms with Gasteiger partial charge in [0, 0.05) is 13.0 Å². The van der Waals surface area contributed by atoms with Crippen molar-refractivity contribution in [3.8, 4) is 11.5 Å². The van der Waals surface area contributed by atoms with Crippen molar-refractivity contribution >= 4 is 23.2 Å². The smallest absolute Gasteiger partial charge is 0.291 e. The second-order valence-electron chi connectivity index (χ2n) is 6.06. The molecule has 0 aliphatic carbocycles. The largest absolute Gasteiger partial charge is 0.497 e. The van der Waals surface area contributed by atoms with Gasteiger partial charge in [0.05, 0.1) is 18.5 Å². The third-order valence-electron chi connectivity index (χ3n) is 3.87. The Morgan fingerprint density at radius 3 is 2.38 bits per heavy atom. The zero-order valence-electron chi connectivity index (χ0n) is 15.8. The van der Waals surface area contributed by atoms with Gasteiger partial charge in [0.1, 0.15) is 29.7 Å². The number of anilines is 2. The van der Waals surface area contributed by atoms with Crippen molar-refractivity contribution in [3.63, 3.8) is 0 Å². The lowest BCUT2D eigenvalue weighted by atomic mass is 10.2. The summed E-state index contributed by atoms with van der Waals surface area (Å²) in [7, 11) is 1.50. The molecule has 0 unspecified atom stereocenters. The lowest BCUT2D eigenvalue weighted by molar-refractivity contribution is -0.114. The molecule has 0 fully saturated rings.